The van der Waals surface area contributed by atoms with Gasteiger partial charge < -0.3 is 15.6 Å². The molecule has 1 aromatic carbocycles. The Morgan fingerprint density at radius 1 is 1.00 bits per heavy atom. The Labute approximate surface area is 182 Å². The van der Waals surface area contributed by atoms with Crippen molar-refractivity contribution < 1.29 is 0 Å². The highest BCUT2D eigenvalue weighted by atomic mass is 35.5. The Kier molecular flexibility index (Phi) is 9.62. The highest BCUT2D eigenvalue weighted by molar-refractivity contribution is 5.86. The summed E-state index contributed by atoms with van der Waals surface area (Å²) in [5.41, 5.74) is 8.70. The zero-order chi connectivity index (χ0) is 17.8. The van der Waals surface area contributed by atoms with Gasteiger partial charge in [0.1, 0.15) is 0 Å². The summed E-state index contributed by atoms with van der Waals surface area (Å²) in [5, 5.41) is 5.11. The molecule has 5 heteroatoms. The van der Waals surface area contributed by atoms with Crippen molar-refractivity contribution >= 4 is 35.7 Å². The SMILES string of the molecule is Cl.Cl.NCCCNCCC(c1cn(C2CCCCC2)c2ccccc12)C1CC1. The lowest BCUT2D eigenvalue weighted by molar-refractivity contribution is 0.360. The van der Waals surface area contributed by atoms with Crippen LogP contribution in [0.25, 0.3) is 10.9 Å². The van der Waals surface area contributed by atoms with E-state index in [1.165, 1.54) is 62.3 Å². The summed E-state index contributed by atoms with van der Waals surface area (Å²) < 4.78 is 2.64. The largest absolute Gasteiger partial charge is 0.344 e. The molecule has 3 N–H and O–H groups in total. The van der Waals surface area contributed by atoms with Crippen molar-refractivity contribution in [1.29, 1.82) is 0 Å². The van der Waals surface area contributed by atoms with Gasteiger partial charge in [0.25, 0.3) is 0 Å². The number of hydrogen-bond acceptors (Lipinski definition) is 2. The van der Waals surface area contributed by atoms with Gasteiger partial charge in [-0.3, -0.25) is 0 Å². The van der Waals surface area contributed by atoms with Crippen molar-refractivity contribution in [3.05, 3.63) is 36.0 Å². The lowest BCUT2D eigenvalue weighted by Crippen LogP contribution is -2.21. The summed E-state index contributed by atoms with van der Waals surface area (Å²) >= 11 is 0. The van der Waals surface area contributed by atoms with Gasteiger partial charge in [-0.05, 0) is 81.6 Å². The van der Waals surface area contributed by atoms with E-state index >= 15 is 0 Å². The molecule has 1 atom stereocenters. The number of fused-ring (bicyclic) bond motifs is 1. The quantitative estimate of drug-likeness (QED) is 0.497. The first-order valence-corrected chi connectivity index (χ1v) is 10.9. The van der Waals surface area contributed by atoms with Crippen LogP contribution < -0.4 is 11.1 Å². The molecule has 1 heterocycles. The average molecular weight is 426 g/mol. The monoisotopic (exact) mass is 425 g/mol. The molecule has 0 radical (unpaired) electrons. The minimum absolute atomic E-state index is 0. The second-order valence-electron chi connectivity index (χ2n) is 8.43. The van der Waals surface area contributed by atoms with Gasteiger partial charge in [-0.25, -0.2) is 0 Å². The van der Waals surface area contributed by atoms with Crippen LogP contribution in [0.4, 0.5) is 0 Å². The molecule has 1 aromatic heterocycles. The molecule has 2 aliphatic carbocycles. The molecule has 0 amide bonds. The molecule has 0 aliphatic heterocycles. The highest BCUT2D eigenvalue weighted by Crippen LogP contribution is 2.47. The number of aromatic nitrogens is 1. The first-order chi connectivity index (χ1) is 12.9. The summed E-state index contributed by atoms with van der Waals surface area (Å²) in [7, 11) is 0. The van der Waals surface area contributed by atoms with Crippen LogP contribution in [0.5, 0.6) is 0 Å². The van der Waals surface area contributed by atoms with Crippen molar-refractivity contribution in [2.75, 3.05) is 19.6 Å². The standard InChI is InChI=1S/C23H35N3.2ClH/c24-14-6-15-25-16-13-20(18-11-12-18)22-17-26(19-7-2-1-3-8-19)23-10-5-4-9-21(22)23;;/h4-5,9-10,17-20,25H,1-3,6-8,11-16,24H2;2*1H. The van der Waals surface area contributed by atoms with E-state index in [4.69, 9.17) is 5.73 Å². The third-order valence-electron chi connectivity index (χ3n) is 6.52. The number of nitrogens with one attached hydrogen (secondary N) is 1. The summed E-state index contributed by atoms with van der Waals surface area (Å²) in [6.45, 7) is 2.95. The Balaban J connectivity index is 0.00000140. The normalized spacial score (nSPS) is 18.5. The fourth-order valence-corrected chi connectivity index (χ4v) is 4.94. The van der Waals surface area contributed by atoms with Crippen LogP contribution in [-0.4, -0.2) is 24.2 Å². The third kappa shape index (κ3) is 5.44. The molecule has 3 nitrogen and oxygen atoms in total. The Morgan fingerprint density at radius 2 is 1.75 bits per heavy atom. The van der Waals surface area contributed by atoms with E-state index in [2.05, 4.69) is 40.3 Å². The van der Waals surface area contributed by atoms with Crippen LogP contribution in [-0.2, 0) is 0 Å². The van der Waals surface area contributed by atoms with Crippen molar-refractivity contribution in [3.63, 3.8) is 0 Å². The van der Waals surface area contributed by atoms with E-state index in [1.807, 2.05) is 0 Å². The van der Waals surface area contributed by atoms with Crippen LogP contribution in [0.2, 0.25) is 0 Å². The van der Waals surface area contributed by atoms with E-state index in [-0.39, 0.29) is 24.8 Å². The molecule has 0 spiro atoms. The predicted octanol–water partition coefficient (Wildman–Crippen LogP) is 5.81. The lowest BCUT2D eigenvalue weighted by atomic mass is 9.90. The van der Waals surface area contributed by atoms with Crippen LogP contribution in [0, 0.1) is 5.92 Å². The van der Waals surface area contributed by atoms with Crippen LogP contribution >= 0.6 is 24.8 Å². The van der Waals surface area contributed by atoms with Gasteiger partial charge in [0.15, 0.2) is 0 Å². The second-order valence-corrected chi connectivity index (χ2v) is 8.43. The number of nitrogens with two attached hydrogens (primary N) is 1. The smallest absolute Gasteiger partial charge is 0.0485 e. The van der Waals surface area contributed by atoms with Gasteiger partial charge in [0.2, 0.25) is 0 Å². The maximum Gasteiger partial charge on any atom is 0.0485 e. The minimum atomic E-state index is 0. The molecule has 2 fully saturated rings. The number of benzene rings is 1. The maximum atomic E-state index is 5.61. The molecule has 0 bridgehead atoms. The van der Waals surface area contributed by atoms with Crippen LogP contribution in [0.15, 0.2) is 30.5 Å². The zero-order valence-corrected chi connectivity index (χ0v) is 18.6. The average Bonchev–Trinajstić information content (AvgIpc) is 3.46. The van der Waals surface area contributed by atoms with Crippen LogP contribution in [0.1, 0.15) is 75.3 Å². The number of nitrogens with zero attached hydrogens (tertiary/aromatic N) is 1. The Bertz CT molecular complexity index is 705. The summed E-state index contributed by atoms with van der Waals surface area (Å²) in [4.78, 5) is 0. The van der Waals surface area contributed by atoms with E-state index in [9.17, 15) is 0 Å². The Hall–Kier alpha value is -0.740. The molecule has 2 saturated carbocycles. The van der Waals surface area contributed by atoms with E-state index in [1.54, 1.807) is 5.56 Å². The van der Waals surface area contributed by atoms with Gasteiger partial charge in [0, 0.05) is 23.1 Å². The predicted molar refractivity (Wildman–Crippen MR) is 125 cm³/mol. The van der Waals surface area contributed by atoms with Gasteiger partial charge >= 0.3 is 0 Å². The highest BCUT2D eigenvalue weighted by Gasteiger charge is 2.34. The van der Waals surface area contributed by atoms with E-state index < -0.39 is 0 Å². The first kappa shape index (κ1) is 23.5. The number of rotatable bonds is 9. The topological polar surface area (TPSA) is 43.0 Å². The fourth-order valence-electron chi connectivity index (χ4n) is 4.94. The van der Waals surface area contributed by atoms with Crippen molar-refractivity contribution in [2.24, 2.45) is 11.7 Å². The molecule has 0 saturated heterocycles. The molecular formula is C23H37Cl2N3. The van der Waals surface area contributed by atoms with Crippen molar-refractivity contribution in [2.45, 2.75) is 69.7 Å². The van der Waals surface area contributed by atoms with Gasteiger partial charge in [-0.2, -0.15) is 0 Å². The molecule has 1 unspecified atom stereocenters. The van der Waals surface area contributed by atoms with Gasteiger partial charge in [0.05, 0.1) is 0 Å². The zero-order valence-electron chi connectivity index (χ0n) is 16.9. The summed E-state index contributed by atoms with van der Waals surface area (Å²) in [5.74, 6) is 1.62. The molecular weight excluding hydrogens is 389 g/mol. The molecule has 4 rings (SSSR count). The third-order valence-corrected chi connectivity index (χ3v) is 6.52. The molecule has 28 heavy (non-hydrogen) atoms. The first-order valence-electron chi connectivity index (χ1n) is 10.9. The van der Waals surface area contributed by atoms with Gasteiger partial charge in [-0.15, -0.1) is 24.8 Å². The fraction of sp³-hybridized carbons (Fsp3) is 0.652. The van der Waals surface area contributed by atoms with E-state index in [0.717, 1.165) is 37.9 Å². The summed E-state index contributed by atoms with van der Waals surface area (Å²) in [6.07, 6.45) is 14.6. The molecule has 2 aliphatic rings. The number of para-hydroxylation sites is 1. The summed E-state index contributed by atoms with van der Waals surface area (Å²) in [6, 6.07) is 9.86. The second kappa shape index (κ2) is 11.4. The molecule has 2 aromatic rings. The van der Waals surface area contributed by atoms with E-state index in [0.29, 0.717) is 6.04 Å². The van der Waals surface area contributed by atoms with Gasteiger partial charge in [-0.1, -0.05) is 37.5 Å². The Morgan fingerprint density at radius 3 is 2.46 bits per heavy atom. The van der Waals surface area contributed by atoms with Crippen molar-refractivity contribution in [1.82, 2.24) is 9.88 Å². The minimum Gasteiger partial charge on any atom is -0.344 e. The number of halogens is 2. The number of hydrogen-bond donors (Lipinski definition) is 2. The maximum absolute atomic E-state index is 5.61. The molecule has 158 valence electrons. The van der Waals surface area contributed by atoms with Crippen LogP contribution in [0.3, 0.4) is 0 Å². The lowest BCUT2D eigenvalue weighted by Gasteiger charge is -2.24. The van der Waals surface area contributed by atoms with Crippen molar-refractivity contribution in [3.8, 4) is 0 Å².